The summed E-state index contributed by atoms with van der Waals surface area (Å²) in [4.78, 5) is 67.3. The Bertz CT molecular complexity index is 617. The molecule has 46 heavy (non-hydrogen) atoms. The maximum Gasteiger partial charge on any atom is 0.132 e. The first-order valence-corrected chi connectivity index (χ1v) is 16.4. The molecule has 282 valence electrons. The van der Waals surface area contributed by atoms with Crippen molar-refractivity contribution in [2.45, 2.75) is 176 Å². The minimum Gasteiger partial charge on any atom is -0.307 e. The summed E-state index contributed by atoms with van der Waals surface area (Å²) in [6.45, 7) is 34.4. The maximum atomic E-state index is 10.6. The monoisotopic (exact) mass is 688 g/mol. The van der Waals surface area contributed by atoms with Gasteiger partial charge in [0.2, 0.25) is 0 Å². The lowest BCUT2D eigenvalue weighted by Gasteiger charge is -2.03. The highest BCUT2D eigenvalue weighted by molar-refractivity contribution is 7.47. The smallest absolute Gasteiger partial charge is 0.132 e. The van der Waals surface area contributed by atoms with Crippen LogP contribution in [-0.2, 0) is 46.0 Å². The largest absolute Gasteiger partial charge is 0.307 e. The third kappa shape index (κ3) is 134. The zero-order valence-corrected chi connectivity index (χ0v) is 34.5. The minimum atomic E-state index is 0.255. The Morgan fingerprint density at radius 1 is 0.674 bits per heavy atom. The summed E-state index contributed by atoms with van der Waals surface area (Å²) in [7, 11) is 2.81. The van der Waals surface area contributed by atoms with E-state index in [4.69, 9.17) is 12.3 Å². The first kappa shape index (κ1) is 66.2. The van der Waals surface area contributed by atoms with Crippen molar-refractivity contribution in [3.63, 3.8) is 0 Å². The molecule has 8 nitrogen and oxygen atoms in total. The van der Waals surface area contributed by atoms with Crippen LogP contribution in [-0.4, -0.2) is 49.5 Å². The SMILES string of the molecule is C=O.C=O.CC.CCC(C)=O.CCC(C)C(C)=O.CCC(C)C(C)=O.CCCC(C)=O.CCCCC(C)C(C)=O.CN=S.[3H]C.[3H]CC. The van der Waals surface area contributed by atoms with Crippen molar-refractivity contribution in [3.05, 3.63) is 0 Å². The van der Waals surface area contributed by atoms with E-state index < -0.39 is 0 Å². The van der Waals surface area contributed by atoms with Gasteiger partial charge < -0.3 is 19.2 Å². The highest BCUT2D eigenvalue weighted by Crippen LogP contribution is 2.07. The Morgan fingerprint density at radius 2 is 0.913 bits per heavy atom. The van der Waals surface area contributed by atoms with E-state index in [1.807, 2.05) is 75.9 Å². The van der Waals surface area contributed by atoms with Crippen LogP contribution in [0.5, 0.6) is 0 Å². The summed E-state index contributed by atoms with van der Waals surface area (Å²) < 4.78 is 15.0. The number of hydrogen-bond acceptors (Lipinski definition) is 9. The third-order valence-electron chi connectivity index (χ3n) is 5.40. The molecule has 0 radical (unpaired) electrons. The molecule has 0 saturated heterocycles. The Kier molecular flexibility index (Phi) is 113. The van der Waals surface area contributed by atoms with Crippen molar-refractivity contribution < 1.29 is 36.3 Å². The van der Waals surface area contributed by atoms with Crippen LogP contribution in [0, 0.1) is 17.8 Å². The van der Waals surface area contributed by atoms with Crippen molar-refractivity contribution in [2.24, 2.45) is 22.1 Å². The third-order valence-corrected chi connectivity index (χ3v) is 5.40. The molecule has 0 aliphatic rings. The Labute approximate surface area is 296 Å². The molecular formula is C37H81NO7S. The zero-order chi connectivity index (χ0) is 41.7. The predicted octanol–water partition coefficient (Wildman–Crippen LogP) is 10.7. The molecule has 0 spiro atoms. The van der Waals surface area contributed by atoms with Crippen LogP contribution < -0.4 is 0 Å². The summed E-state index contributed by atoms with van der Waals surface area (Å²) in [5.74, 6) is 2.26. The Hall–Kier alpha value is -2.29. The van der Waals surface area contributed by atoms with E-state index in [1.165, 1.54) is 20.2 Å². The van der Waals surface area contributed by atoms with Gasteiger partial charge in [0.1, 0.15) is 42.5 Å². The molecule has 3 atom stereocenters. The van der Waals surface area contributed by atoms with Crippen LogP contribution in [0.2, 0.25) is 0 Å². The first-order chi connectivity index (χ1) is 22.4. The van der Waals surface area contributed by atoms with E-state index in [2.05, 4.69) is 23.7 Å². The van der Waals surface area contributed by atoms with Gasteiger partial charge in [-0.15, -0.1) is 0 Å². The summed E-state index contributed by atoms with van der Waals surface area (Å²) in [5, 5.41) is 0. The summed E-state index contributed by atoms with van der Waals surface area (Å²) in [5.41, 5.74) is 0. The van der Waals surface area contributed by atoms with Crippen molar-refractivity contribution in [2.75, 3.05) is 7.05 Å². The number of nitrogens with zero attached hydrogens (tertiary/aromatic N) is 1. The number of unbranched alkanes of at least 4 members (excludes halogenated alkanes) is 1. The molecule has 0 aromatic heterocycles. The van der Waals surface area contributed by atoms with Gasteiger partial charge in [-0.25, -0.2) is 4.36 Å². The summed E-state index contributed by atoms with van der Waals surface area (Å²) in [6.07, 6.45) is 7.75. The lowest BCUT2D eigenvalue weighted by Crippen LogP contribution is -2.05. The first-order valence-electron chi connectivity index (χ1n) is 17.7. The van der Waals surface area contributed by atoms with E-state index in [-0.39, 0.29) is 29.3 Å². The van der Waals surface area contributed by atoms with Gasteiger partial charge in [0.15, 0.2) is 0 Å². The van der Waals surface area contributed by atoms with Crippen molar-refractivity contribution >= 4 is 54.9 Å². The molecule has 0 N–H and O–H groups in total. The lowest BCUT2D eigenvalue weighted by atomic mass is 10.0. The van der Waals surface area contributed by atoms with Crippen LogP contribution in [0.4, 0.5) is 0 Å². The fourth-order valence-corrected chi connectivity index (χ4v) is 1.64. The number of ketones is 5. The van der Waals surface area contributed by atoms with Crippen LogP contribution in [0.15, 0.2) is 4.36 Å². The molecule has 0 aromatic carbocycles. The number of hydrogen-bond donors (Lipinski definition) is 0. The molecule has 0 fully saturated rings. The Balaban J connectivity index is -0.0000000364. The van der Waals surface area contributed by atoms with Crippen LogP contribution in [0.3, 0.4) is 0 Å². The van der Waals surface area contributed by atoms with Gasteiger partial charge in [-0.3, -0.25) is 14.4 Å². The lowest BCUT2D eigenvalue weighted by molar-refractivity contribution is -0.121. The van der Waals surface area contributed by atoms with Gasteiger partial charge in [0.05, 0.1) is 0 Å². The molecule has 0 aliphatic heterocycles. The maximum absolute atomic E-state index is 10.6. The molecule has 0 saturated carbocycles. The number of carbonyl (C=O) groups is 7. The second-order valence-electron chi connectivity index (χ2n) is 9.18. The van der Waals surface area contributed by atoms with Gasteiger partial charge in [-0.1, -0.05) is 103 Å². The molecule has 0 amide bonds. The van der Waals surface area contributed by atoms with E-state index >= 15 is 0 Å². The van der Waals surface area contributed by atoms with Gasteiger partial charge in [-0.05, 0) is 60.3 Å². The Morgan fingerprint density at radius 3 is 0.978 bits per heavy atom. The van der Waals surface area contributed by atoms with Crippen LogP contribution in [0.1, 0.15) is 179 Å². The standard InChI is InChI=1S/C8H16O.2C6H12O.C5H10O.C4H8O.2C2H6.CH3NS.2CH2O.CH4/c1-4-5-6-7(2)8(3)9;2*1-4-5(2)6(3)7;1-3-4-5(2)6;1-3-4(2)5;2*1-2;1-2-3;2*1-2;/h7H,4-6H2,1-3H3;2*5H,4H2,1-3H3;3-4H2,1-2H3;3H2,1-2H3;2*1-2H3;1H3;2*1H2;1H4/i;;;;;1T;;;;;1T. The normalized spacial score (nSPS) is 9.78. The van der Waals surface area contributed by atoms with Gasteiger partial charge in [0, 0.05) is 52.8 Å². The van der Waals surface area contributed by atoms with Gasteiger partial charge in [0.25, 0.3) is 0 Å². The number of rotatable bonds is 11. The van der Waals surface area contributed by atoms with Crippen molar-refractivity contribution in [1.82, 2.24) is 0 Å². The van der Waals surface area contributed by atoms with Crippen molar-refractivity contribution in [1.29, 1.82) is 0 Å². The number of Topliss-reactive ketones (excluding diaryl/α,β-unsaturated/α-hetero) is 5. The summed E-state index contributed by atoms with van der Waals surface area (Å²) >= 11 is 4.02. The van der Waals surface area contributed by atoms with Crippen LogP contribution in [0.25, 0.3) is 0 Å². The fraction of sp³-hybridized carbons (Fsp3) is 0.811. The van der Waals surface area contributed by atoms with E-state index in [0.29, 0.717) is 30.7 Å². The average Bonchev–Trinajstić information content (AvgIpc) is 3.08. The fourth-order valence-electron chi connectivity index (χ4n) is 1.64. The van der Waals surface area contributed by atoms with E-state index in [0.717, 1.165) is 32.1 Å². The molecule has 0 bridgehead atoms. The molecular weight excluding hydrogens is 602 g/mol. The molecule has 0 aromatic rings. The molecule has 3 unspecified atom stereocenters. The van der Waals surface area contributed by atoms with Crippen molar-refractivity contribution in [3.8, 4) is 0 Å². The topological polar surface area (TPSA) is 132 Å². The second-order valence-corrected chi connectivity index (χ2v) is 9.55. The van der Waals surface area contributed by atoms with E-state index in [1.54, 1.807) is 48.6 Å². The highest BCUT2D eigenvalue weighted by Gasteiger charge is 2.04. The van der Waals surface area contributed by atoms with Gasteiger partial charge >= 0.3 is 0 Å². The highest BCUT2D eigenvalue weighted by atomic mass is 32.1. The van der Waals surface area contributed by atoms with Crippen LogP contribution >= 0.6 is 0 Å². The summed E-state index contributed by atoms with van der Waals surface area (Å²) in [6, 6.07) is 0. The average molecular weight is 688 g/mol. The zero-order valence-electron chi connectivity index (χ0n) is 35.7. The number of carbonyl (C=O) groups excluding carboxylic acids is 7. The predicted molar refractivity (Wildman–Crippen MR) is 206 cm³/mol. The van der Waals surface area contributed by atoms with Gasteiger partial charge in [-0.2, -0.15) is 0 Å². The quantitative estimate of drug-likeness (QED) is 0.210. The molecule has 0 heterocycles. The molecule has 0 aliphatic carbocycles. The molecule has 0 rings (SSSR count). The minimum absolute atomic E-state index is 0.255. The molecule has 9 heteroatoms. The van der Waals surface area contributed by atoms with E-state index in [9.17, 15) is 24.0 Å². The second kappa shape index (κ2) is 78.8.